The van der Waals surface area contributed by atoms with Gasteiger partial charge >= 0.3 is 0 Å². The monoisotopic (exact) mass is 791 g/mol. The normalized spacial score (nSPS) is 11.5. The van der Waals surface area contributed by atoms with E-state index in [9.17, 15) is 0 Å². The number of hydrogen-bond acceptors (Lipinski definition) is 3. The van der Waals surface area contributed by atoms with Gasteiger partial charge in [-0.05, 0) is 76.9 Å². The molecule has 0 bridgehead atoms. The van der Waals surface area contributed by atoms with Gasteiger partial charge < -0.3 is 9.13 Å². The topological polar surface area (TPSA) is 48.5 Å². The first kappa shape index (κ1) is 35.5. The number of para-hydroxylation sites is 3. The molecule has 3 heterocycles. The fourth-order valence-corrected chi connectivity index (χ4v) is 9.11. The molecule has 0 saturated carbocycles. The molecule has 12 rings (SSSR count). The number of aromatic nitrogens is 5. The zero-order valence-corrected chi connectivity index (χ0v) is 33.6. The lowest BCUT2D eigenvalue weighted by atomic mass is 9.98. The van der Waals surface area contributed by atoms with Crippen molar-refractivity contribution in [1.82, 2.24) is 24.1 Å². The van der Waals surface area contributed by atoms with Crippen molar-refractivity contribution in [2.24, 2.45) is 0 Å². The Hall–Kier alpha value is -8.41. The van der Waals surface area contributed by atoms with Crippen LogP contribution in [0.15, 0.2) is 224 Å². The summed E-state index contributed by atoms with van der Waals surface area (Å²) in [6.07, 6.45) is 0. The summed E-state index contributed by atoms with van der Waals surface area (Å²) in [4.78, 5) is 15.2. The number of fused-ring (bicyclic) bond motifs is 6. The number of rotatable bonds is 7. The molecule has 5 heteroatoms. The Labute approximate surface area is 358 Å². The van der Waals surface area contributed by atoms with Gasteiger partial charge in [0.2, 0.25) is 0 Å². The number of nitrogens with zero attached hydrogens (tertiary/aromatic N) is 5. The number of benzene rings is 9. The molecule has 0 spiro atoms. The highest BCUT2D eigenvalue weighted by Gasteiger charge is 2.19. The smallest absolute Gasteiger partial charge is 0.164 e. The molecule has 0 unspecified atom stereocenters. The van der Waals surface area contributed by atoms with Crippen molar-refractivity contribution in [2.75, 3.05) is 0 Å². The van der Waals surface area contributed by atoms with E-state index in [1.54, 1.807) is 0 Å². The maximum Gasteiger partial charge on any atom is 0.164 e. The van der Waals surface area contributed by atoms with Gasteiger partial charge in [0.15, 0.2) is 17.5 Å². The molecule has 12 aromatic rings. The van der Waals surface area contributed by atoms with E-state index in [-0.39, 0.29) is 0 Å². The minimum atomic E-state index is 0.619. The summed E-state index contributed by atoms with van der Waals surface area (Å²) in [6, 6.07) is 79.3. The van der Waals surface area contributed by atoms with Crippen LogP contribution in [0.3, 0.4) is 0 Å². The summed E-state index contributed by atoms with van der Waals surface area (Å²) in [5.41, 5.74) is 14.3. The fourth-order valence-electron chi connectivity index (χ4n) is 9.11. The first-order chi connectivity index (χ1) is 30.7. The lowest BCUT2D eigenvalue weighted by molar-refractivity contribution is 1.07. The van der Waals surface area contributed by atoms with E-state index in [0.717, 1.165) is 44.7 Å². The summed E-state index contributed by atoms with van der Waals surface area (Å²) < 4.78 is 4.74. The van der Waals surface area contributed by atoms with Gasteiger partial charge in [0.1, 0.15) is 0 Å². The Morgan fingerprint density at radius 2 is 0.710 bits per heavy atom. The zero-order valence-electron chi connectivity index (χ0n) is 33.6. The van der Waals surface area contributed by atoms with Crippen molar-refractivity contribution in [3.63, 3.8) is 0 Å². The lowest BCUT2D eigenvalue weighted by Gasteiger charge is -2.12. The highest BCUT2D eigenvalue weighted by atomic mass is 15.0. The molecule has 0 radical (unpaired) electrons. The summed E-state index contributed by atoms with van der Waals surface area (Å²) >= 11 is 0. The molecular formula is C57H37N5. The summed E-state index contributed by atoms with van der Waals surface area (Å²) in [5, 5.41) is 4.88. The minimum Gasteiger partial charge on any atom is -0.309 e. The predicted molar refractivity (Wildman–Crippen MR) is 256 cm³/mol. The van der Waals surface area contributed by atoms with Gasteiger partial charge in [0.25, 0.3) is 0 Å². The molecule has 0 aliphatic carbocycles. The third-order valence-electron chi connectivity index (χ3n) is 12.0. The molecule has 0 aliphatic heterocycles. The number of hydrogen-bond donors (Lipinski definition) is 0. The molecule has 0 atom stereocenters. The van der Waals surface area contributed by atoms with Crippen LogP contribution in [0.25, 0.3) is 111 Å². The average Bonchev–Trinajstić information content (AvgIpc) is 3.87. The van der Waals surface area contributed by atoms with Gasteiger partial charge in [-0.15, -0.1) is 0 Å². The van der Waals surface area contributed by atoms with Crippen LogP contribution >= 0.6 is 0 Å². The minimum absolute atomic E-state index is 0.619. The van der Waals surface area contributed by atoms with E-state index in [0.29, 0.717) is 17.5 Å². The second-order valence-electron chi connectivity index (χ2n) is 15.6. The van der Waals surface area contributed by atoms with Crippen LogP contribution in [0, 0.1) is 0 Å². The molecule has 9 aromatic carbocycles. The van der Waals surface area contributed by atoms with Crippen molar-refractivity contribution in [3.05, 3.63) is 224 Å². The first-order valence-electron chi connectivity index (χ1n) is 20.9. The van der Waals surface area contributed by atoms with Crippen LogP contribution in [-0.2, 0) is 0 Å². The van der Waals surface area contributed by atoms with E-state index in [1.807, 2.05) is 36.4 Å². The molecular weight excluding hydrogens is 755 g/mol. The van der Waals surface area contributed by atoms with Crippen LogP contribution in [0.1, 0.15) is 0 Å². The maximum absolute atomic E-state index is 5.13. The second kappa shape index (κ2) is 14.7. The Morgan fingerprint density at radius 1 is 0.258 bits per heavy atom. The van der Waals surface area contributed by atoms with E-state index >= 15 is 0 Å². The highest BCUT2D eigenvalue weighted by Crippen LogP contribution is 2.41. The van der Waals surface area contributed by atoms with Crippen molar-refractivity contribution < 1.29 is 0 Å². The molecule has 0 amide bonds. The second-order valence-corrected chi connectivity index (χ2v) is 15.6. The van der Waals surface area contributed by atoms with Crippen molar-refractivity contribution in [2.45, 2.75) is 0 Å². The molecule has 0 N–H and O–H groups in total. The maximum atomic E-state index is 5.13. The molecule has 0 fully saturated rings. The van der Waals surface area contributed by atoms with E-state index in [1.165, 1.54) is 49.3 Å². The summed E-state index contributed by atoms with van der Waals surface area (Å²) in [7, 11) is 0. The molecule has 290 valence electrons. The van der Waals surface area contributed by atoms with Crippen LogP contribution in [0.5, 0.6) is 0 Å². The summed E-state index contributed by atoms with van der Waals surface area (Å²) in [6.45, 7) is 0. The van der Waals surface area contributed by atoms with Crippen LogP contribution in [0.4, 0.5) is 0 Å². The van der Waals surface area contributed by atoms with Gasteiger partial charge in [0.05, 0.1) is 22.1 Å². The molecule has 0 saturated heterocycles. The Bertz CT molecular complexity index is 3610. The Kier molecular flexibility index (Phi) is 8.42. The fraction of sp³-hybridized carbons (Fsp3) is 0. The van der Waals surface area contributed by atoms with Gasteiger partial charge in [-0.1, -0.05) is 170 Å². The summed E-state index contributed by atoms with van der Waals surface area (Å²) in [5.74, 6) is 1.88. The predicted octanol–water partition coefficient (Wildman–Crippen LogP) is 14.4. The molecule has 5 nitrogen and oxygen atoms in total. The highest BCUT2D eigenvalue weighted by molar-refractivity contribution is 6.17. The van der Waals surface area contributed by atoms with Gasteiger partial charge in [0, 0.05) is 49.6 Å². The largest absolute Gasteiger partial charge is 0.309 e. The molecule has 0 aliphatic rings. The Balaban J connectivity index is 0.992. The van der Waals surface area contributed by atoms with Crippen molar-refractivity contribution in [1.29, 1.82) is 0 Å². The van der Waals surface area contributed by atoms with E-state index in [2.05, 4.69) is 197 Å². The first-order valence-corrected chi connectivity index (χ1v) is 20.9. The van der Waals surface area contributed by atoms with Crippen LogP contribution < -0.4 is 0 Å². The van der Waals surface area contributed by atoms with Crippen LogP contribution in [0.2, 0.25) is 0 Å². The zero-order chi connectivity index (χ0) is 41.0. The van der Waals surface area contributed by atoms with Crippen LogP contribution in [-0.4, -0.2) is 24.1 Å². The van der Waals surface area contributed by atoms with Crippen molar-refractivity contribution >= 4 is 43.6 Å². The third-order valence-corrected chi connectivity index (χ3v) is 12.0. The molecule has 62 heavy (non-hydrogen) atoms. The van der Waals surface area contributed by atoms with Crippen molar-refractivity contribution in [3.8, 4) is 67.8 Å². The average molecular weight is 792 g/mol. The van der Waals surface area contributed by atoms with Gasteiger partial charge in [-0.2, -0.15) is 0 Å². The van der Waals surface area contributed by atoms with Gasteiger partial charge in [-0.25, -0.2) is 15.0 Å². The standard InChI is InChI=1S/C57H37N5/c1-4-16-38(17-5-1)39-30-32-41(33-31-39)56-58-55(40-18-6-2-7-19-40)59-57(60-56)43-20-14-23-45(36-43)62-50-27-12-10-24-47(50)49-37-42(34-35-52(49)62)46-26-15-29-53-54(46)48-25-11-13-28-51(48)61(53)44-21-8-3-9-22-44/h1-37H. The lowest BCUT2D eigenvalue weighted by Crippen LogP contribution is -2.01. The quantitative estimate of drug-likeness (QED) is 0.162. The van der Waals surface area contributed by atoms with Gasteiger partial charge in [-0.3, -0.25) is 0 Å². The third kappa shape index (κ3) is 5.98. The Morgan fingerprint density at radius 3 is 1.44 bits per heavy atom. The van der Waals surface area contributed by atoms with E-state index in [4.69, 9.17) is 15.0 Å². The molecule has 3 aromatic heterocycles. The van der Waals surface area contributed by atoms with E-state index < -0.39 is 0 Å². The SMILES string of the molecule is c1ccc(-c2ccc(-c3nc(-c4ccccc4)nc(-c4cccc(-n5c6ccccc6c6cc(-c7cccc8c7c7ccccc7n8-c7ccccc7)ccc65)c4)n3)cc2)cc1.